The highest BCUT2D eigenvalue weighted by Crippen LogP contribution is 2.30. The zero-order valence-electron chi connectivity index (χ0n) is 16.5. The van der Waals surface area contributed by atoms with E-state index in [4.69, 9.17) is 16.3 Å². The Hall–Kier alpha value is -1.30. The van der Waals surface area contributed by atoms with Gasteiger partial charge in [-0.2, -0.15) is 0 Å². The molecule has 28 heavy (non-hydrogen) atoms. The summed E-state index contributed by atoms with van der Waals surface area (Å²) >= 11 is 6.18. The molecule has 3 aliphatic rings. The van der Waals surface area contributed by atoms with E-state index in [-0.39, 0.29) is 12.0 Å². The number of amides is 1. The van der Waals surface area contributed by atoms with Crippen LogP contribution in [-0.2, 0) is 0 Å². The van der Waals surface area contributed by atoms with Gasteiger partial charge in [-0.05, 0) is 56.7 Å². The van der Waals surface area contributed by atoms with E-state index in [1.165, 1.54) is 25.7 Å². The van der Waals surface area contributed by atoms with Gasteiger partial charge in [0.1, 0.15) is 11.9 Å². The number of carbonyl (C=O) groups is 1. The number of hydrogen-bond donors (Lipinski definition) is 1. The van der Waals surface area contributed by atoms with E-state index in [1.54, 1.807) is 17.0 Å². The number of likely N-dealkylation sites (tertiary alicyclic amines) is 2. The molecule has 4 rings (SSSR count). The maximum atomic E-state index is 13.1. The molecule has 3 fully saturated rings. The zero-order valence-corrected chi connectivity index (χ0v) is 17.2. The number of ether oxygens (including phenoxy) is 1. The minimum absolute atomic E-state index is 0.0976. The molecule has 1 atom stereocenters. The van der Waals surface area contributed by atoms with Gasteiger partial charge >= 0.3 is 0 Å². The molecular weight excluding hydrogens is 376 g/mol. The Bertz CT molecular complexity index is 684. The van der Waals surface area contributed by atoms with Gasteiger partial charge in [0.05, 0.1) is 11.7 Å². The molecule has 154 valence electrons. The summed E-state index contributed by atoms with van der Waals surface area (Å²) in [4.78, 5) is 17.4. The highest BCUT2D eigenvalue weighted by Gasteiger charge is 2.30. The first kappa shape index (κ1) is 20.0. The van der Waals surface area contributed by atoms with Gasteiger partial charge in [0, 0.05) is 37.2 Å². The number of carbonyl (C=O) groups excluding carboxylic acids is 1. The van der Waals surface area contributed by atoms with Crippen LogP contribution in [-0.4, -0.2) is 65.2 Å². The largest absolute Gasteiger partial charge is 0.489 e. The van der Waals surface area contributed by atoms with E-state index in [1.807, 2.05) is 6.07 Å². The summed E-state index contributed by atoms with van der Waals surface area (Å²) in [7, 11) is 0. The maximum Gasteiger partial charge on any atom is 0.257 e. The Morgan fingerprint density at radius 1 is 1.04 bits per heavy atom. The zero-order chi connectivity index (χ0) is 19.5. The SMILES string of the molecule is O=C(c1cc(Cl)ccc1OC1CCN(C2CCCC2)CC1)N1CCC[C@@H](O)C1. The van der Waals surface area contributed by atoms with Crippen molar-refractivity contribution < 1.29 is 14.6 Å². The van der Waals surface area contributed by atoms with E-state index >= 15 is 0 Å². The Morgan fingerprint density at radius 3 is 2.50 bits per heavy atom. The van der Waals surface area contributed by atoms with Crippen LogP contribution in [0.2, 0.25) is 5.02 Å². The molecule has 1 aromatic carbocycles. The molecule has 2 heterocycles. The Balaban J connectivity index is 1.41. The first-order valence-electron chi connectivity index (χ1n) is 10.8. The predicted molar refractivity (Wildman–Crippen MR) is 110 cm³/mol. The van der Waals surface area contributed by atoms with Crippen LogP contribution >= 0.6 is 11.6 Å². The van der Waals surface area contributed by atoms with Crippen LogP contribution in [0.3, 0.4) is 0 Å². The number of aliphatic hydroxyl groups excluding tert-OH is 1. The van der Waals surface area contributed by atoms with Crippen molar-refractivity contribution in [2.24, 2.45) is 0 Å². The van der Waals surface area contributed by atoms with E-state index in [0.29, 0.717) is 29.4 Å². The monoisotopic (exact) mass is 406 g/mol. The first-order chi connectivity index (χ1) is 13.6. The van der Waals surface area contributed by atoms with Crippen molar-refractivity contribution in [3.8, 4) is 5.75 Å². The molecule has 5 nitrogen and oxygen atoms in total. The van der Waals surface area contributed by atoms with E-state index in [9.17, 15) is 9.90 Å². The van der Waals surface area contributed by atoms with E-state index in [0.717, 1.165) is 44.8 Å². The number of nitrogens with zero attached hydrogens (tertiary/aromatic N) is 2. The standard InChI is InChI=1S/C22H31ClN2O3/c23-16-7-8-21(20(14-16)22(27)25-11-3-6-18(26)15-25)28-19-9-12-24(13-10-19)17-4-1-2-5-17/h7-8,14,17-19,26H,1-6,9-13,15H2/t18-/m1/s1. The van der Waals surface area contributed by atoms with Crippen LogP contribution in [0.25, 0.3) is 0 Å². The minimum Gasteiger partial charge on any atom is -0.489 e. The molecule has 6 heteroatoms. The second-order valence-electron chi connectivity index (χ2n) is 8.48. The van der Waals surface area contributed by atoms with Crippen LogP contribution in [0.1, 0.15) is 61.7 Å². The molecule has 0 radical (unpaired) electrons. The molecule has 2 saturated heterocycles. The predicted octanol–water partition coefficient (Wildman–Crippen LogP) is 3.72. The van der Waals surface area contributed by atoms with Crippen LogP contribution in [0.15, 0.2) is 18.2 Å². The molecule has 2 aliphatic heterocycles. The second-order valence-corrected chi connectivity index (χ2v) is 8.92. The summed E-state index contributed by atoms with van der Waals surface area (Å²) in [5.41, 5.74) is 0.514. The lowest BCUT2D eigenvalue weighted by Gasteiger charge is -2.36. The molecule has 0 aromatic heterocycles. The highest BCUT2D eigenvalue weighted by molar-refractivity contribution is 6.31. The van der Waals surface area contributed by atoms with Gasteiger partial charge in [-0.3, -0.25) is 4.79 Å². The number of aliphatic hydroxyl groups is 1. The number of benzene rings is 1. The third-order valence-corrected chi connectivity index (χ3v) is 6.70. The Morgan fingerprint density at radius 2 is 1.79 bits per heavy atom. The van der Waals surface area contributed by atoms with Crippen molar-refractivity contribution in [2.75, 3.05) is 26.2 Å². The fourth-order valence-electron chi connectivity index (χ4n) is 4.89. The topological polar surface area (TPSA) is 53.0 Å². The van der Waals surface area contributed by atoms with Crippen molar-refractivity contribution in [3.63, 3.8) is 0 Å². The van der Waals surface area contributed by atoms with Gasteiger partial charge < -0.3 is 19.6 Å². The third kappa shape index (κ3) is 4.64. The summed E-state index contributed by atoms with van der Waals surface area (Å²) in [6, 6.07) is 6.07. The van der Waals surface area contributed by atoms with Gasteiger partial charge in [-0.25, -0.2) is 0 Å². The first-order valence-corrected chi connectivity index (χ1v) is 11.2. The average molecular weight is 407 g/mol. The fourth-order valence-corrected chi connectivity index (χ4v) is 5.06. The van der Waals surface area contributed by atoms with Gasteiger partial charge in [-0.15, -0.1) is 0 Å². The number of halogens is 1. The summed E-state index contributed by atoms with van der Waals surface area (Å²) in [6.07, 6.45) is 8.66. The van der Waals surface area contributed by atoms with Crippen molar-refractivity contribution in [1.29, 1.82) is 0 Å². The molecule has 1 aliphatic carbocycles. The summed E-state index contributed by atoms with van der Waals surface area (Å²) in [6.45, 7) is 3.20. The molecule has 1 amide bonds. The Kier molecular flexibility index (Phi) is 6.44. The van der Waals surface area contributed by atoms with Crippen molar-refractivity contribution in [1.82, 2.24) is 9.80 Å². The van der Waals surface area contributed by atoms with Gasteiger partial charge in [-0.1, -0.05) is 24.4 Å². The van der Waals surface area contributed by atoms with Crippen molar-refractivity contribution in [2.45, 2.75) is 69.6 Å². The van der Waals surface area contributed by atoms with Gasteiger partial charge in [0.25, 0.3) is 5.91 Å². The molecule has 0 spiro atoms. The number of hydrogen-bond acceptors (Lipinski definition) is 4. The van der Waals surface area contributed by atoms with Crippen LogP contribution in [0, 0.1) is 0 Å². The van der Waals surface area contributed by atoms with Gasteiger partial charge in [0.2, 0.25) is 0 Å². The molecule has 1 saturated carbocycles. The van der Waals surface area contributed by atoms with Crippen LogP contribution < -0.4 is 4.74 Å². The lowest BCUT2D eigenvalue weighted by atomic mass is 10.0. The molecule has 1 aromatic rings. The lowest BCUT2D eigenvalue weighted by Crippen LogP contribution is -2.43. The fraction of sp³-hybridized carbons (Fsp3) is 0.682. The third-order valence-electron chi connectivity index (χ3n) is 6.47. The van der Waals surface area contributed by atoms with Crippen molar-refractivity contribution >= 4 is 17.5 Å². The molecule has 0 bridgehead atoms. The van der Waals surface area contributed by atoms with Gasteiger partial charge in [0.15, 0.2) is 0 Å². The number of rotatable bonds is 4. The molecular formula is C22H31ClN2O3. The summed E-state index contributed by atoms with van der Waals surface area (Å²) in [5.74, 6) is 0.522. The smallest absolute Gasteiger partial charge is 0.257 e. The number of piperidine rings is 2. The normalized spacial score (nSPS) is 25.2. The van der Waals surface area contributed by atoms with E-state index < -0.39 is 6.10 Å². The van der Waals surface area contributed by atoms with Crippen molar-refractivity contribution in [3.05, 3.63) is 28.8 Å². The molecule has 1 N–H and O–H groups in total. The number of β-amino-alcohol motifs (C(OH)–C–C–N with tert-alkyl or cyclic N) is 1. The maximum absolute atomic E-state index is 13.1. The second kappa shape index (κ2) is 9.02. The lowest BCUT2D eigenvalue weighted by molar-refractivity contribution is 0.0460. The highest BCUT2D eigenvalue weighted by atomic mass is 35.5. The summed E-state index contributed by atoms with van der Waals surface area (Å²) in [5, 5.41) is 10.5. The quantitative estimate of drug-likeness (QED) is 0.827. The Labute approximate surface area is 172 Å². The van der Waals surface area contributed by atoms with E-state index in [2.05, 4.69) is 4.90 Å². The summed E-state index contributed by atoms with van der Waals surface area (Å²) < 4.78 is 6.30. The van der Waals surface area contributed by atoms with Crippen LogP contribution in [0.4, 0.5) is 0 Å². The average Bonchev–Trinajstić information content (AvgIpc) is 3.24. The molecule has 0 unspecified atom stereocenters. The minimum atomic E-state index is -0.443. The van der Waals surface area contributed by atoms with Crippen LogP contribution in [0.5, 0.6) is 5.75 Å².